The Kier molecular flexibility index (Phi) is 4.83. The van der Waals surface area contributed by atoms with Gasteiger partial charge in [-0.3, -0.25) is 5.41 Å². The molecule has 4 atom stereocenters. The van der Waals surface area contributed by atoms with Crippen LogP contribution in [0.25, 0.3) is 0 Å². The van der Waals surface area contributed by atoms with Crippen molar-refractivity contribution in [3.05, 3.63) is 68.9 Å². The van der Waals surface area contributed by atoms with Gasteiger partial charge in [0.25, 0.3) is 0 Å². The fourth-order valence-corrected chi connectivity index (χ4v) is 5.10. The van der Waals surface area contributed by atoms with E-state index in [1.165, 1.54) is 12.1 Å². The minimum absolute atomic E-state index is 0.0700. The van der Waals surface area contributed by atoms with Gasteiger partial charge in [-0.25, -0.2) is 4.39 Å². The molecule has 2 fully saturated rings. The van der Waals surface area contributed by atoms with Gasteiger partial charge in [-0.15, -0.1) is 0 Å². The summed E-state index contributed by atoms with van der Waals surface area (Å²) in [5.74, 6) is -4.03. The molecule has 0 radical (unpaired) electrons. The second kappa shape index (κ2) is 7.04. The third-order valence-corrected chi connectivity index (χ3v) is 7.04. The predicted octanol–water partition coefficient (Wildman–Crippen LogP) is 5.35. The van der Waals surface area contributed by atoms with Gasteiger partial charge in [0.15, 0.2) is 5.41 Å². The van der Waals surface area contributed by atoms with Crippen molar-refractivity contribution in [1.29, 1.82) is 21.2 Å². The van der Waals surface area contributed by atoms with E-state index in [1.807, 2.05) is 18.2 Å². The van der Waals surface area contributed by atoms with Crippen LogP contribution in [0.4, 0.5) is 4.39 Å². The van der Waals surface area contributed by atoms with E-state index >= 15 is 0 Å². The number of nitrogens with zero attached hydrogens (tertiary/aromatic N) is 3. The number of benzene rings is 2. The van der Waals surface area contributed by atoms with Crippen molar-refractivity contribution in [3.63, 3.8) is 0 Å². The Morgan fingerprint density at radius 1 is 1.10 bits per heavy atom. The van der Waals surface area contributed by atoms with Crippen LogP contribution in [0.5, 0.6) is 0 Å². The zero-order chi connectivity index (χ0) is 22.6. The largest absolute Gasteiger partial charge is 0.443 e. The first-order valence-electron chi connectivity index (χ1n) is 9.13. The third kappa shape index (κ3) is 2.46. The van der Waals surface area contributed by atoms with Crippen molar-refractivity contribution in [2.24, 2.45) is 16.7 Å². The van der Waals surface area contributed by atoms with Crippen molar-refractivity contribution < 1.29 is 13.9 Å². The quantitative estimate of drug-likeness (QED) is 0.598. The molecule has 4 rings (SSSR count). The number of rotatable bonds is 2. The lowest BCUT2D eigenvalue weighted by atomic mass is 9.53. The normalized spacial score (nSPS) is 30.5. The molecule has 2 aliphatic heterocycles. The molecule has 2 heterocycles. The molecule has 6 nitrogen and oxygen atoms in total. The molecule has 2 aromatic carbocycles. The Balaban J connectivity index is 2.09. The number of hydrogen-bond acceptors (Lipinski definition) is 6. The van der Waals surface area contributed by atoms with Crippen LogP contribution in [-0.2, 0) is 15.3 Å². The maximum Gasteiger partial charge on any atom is 0.244 e. The van der Waals surface area contributed by atoms with Gasteiger partial charge in [-0.05, 0) is 24.3 Å². The molecule has 0 aromatic heterocycles. The van der Waals surface area contributed by atoms with Crippen LogP contribution in [0.1, 0.15) is 24.2 Å². The van der Waals surface area contributed by atoms with E-state index < -0.39 is 40.4 Å². The lowest BCUT2D eigenvalue weighted by Gasteiger charge is -2.48. The summed E-state index contributed by atoms with van der Waals surface area (Å²) in [6.45, 7) is 1.58. The van der Waals surface area contributed by atoms with Gasteiger partial charge in [0.05, 0.1) is 24.1 Å². The molecule has 2 saturated heterocycles. The summed E-state index contributed by atoms with van der Waals surface area (Å²) < 4.78 is 27.8. The van der Waals surface area contributed by atoms with Crippen LogP contribution in [0.2, 0.25) is 5.02 Å². The van der Waals surface area contributed by atoms with Crippen LogP contribution >= 0.6 is 27.5 Å². The zero-order valence-electron chi connectivity index (χ0n) is 16.0. The highest BCUT2D eigenvalue weighted by Crippen LogP contribution is 2.69. The smallest absolute Gasteiger partial charge is 0.244 e. The first kappa shape index (κ1) is 21.3. The molecule has 0 aliphatic carbocycles. The van der Waals surface area contributed by atoms with Crippen molar-refractivity contribution in [1.82, 2.24) is 0 Å². The summed E-state index contributed by atoms with van der Waals surface area (Å²) in [6, 6.07) is 16.4. The molecule has 0 spiro atoms. The first-order valence-corrected chi connectivity index (χ1v) is 10.3. The van der Waals surface area contributed by atoms with Gasteiger partial charge in [-0.2, -0.15) is 15.8 Å². The lowest BCUT2D eigenvalue weighted by Crippen LogP contribution is -2.57. The molecule has 4 unspecified atom stereocenters. The first-order chi connectivity index (χ1) is 14.7. The molecule has 1 N–H and O–H groups in total. The van der Waals surface area contributed by atoms with Gasteiger partial charge in [0.2, 0.25) is 17.1 Å². The average molecular weight is 500 g/mol. The minimum atomic E-state index is -2.29. The highest BCUT2D eigenvalue weighted by molar-refractivity contribution is 9.10. The fourth-order valence-electron chi connectivity index (χ4n) is 4.57. The minimum Gasteiger partial charge on any atom is -0.443 e. The van der Waals surface area contributed by atoms with E-state index in [0.717, 1.165) is 10.5 Å². The summed E-state index contributed by atoms with van der Waals surface area (Å²) in [5.41, 5.74) is -4.11. The van der Waals surface area contributed by atoms with Gasteiger partial charge < -0.3 is 9.47 Å². The average Bonchev–Trinajstić information content (AvgIpc) is 2.91. The van der Waals surface area contributed by atoms with Crippen molar-refractivity contribution >= 4 is 33.4 Å². The zero-order valence-corrected chi connectivity index (χ0v) is 18.3. The molecular weight excluding hydrogens is 487 g/mol. The third-order valence-electron chi connectivity index (χ3n) is 6.18. The standard InChI is InChI=1S/C22H13BrClFN4O2/c1-12-21(11-28)19(29)31-22(12,13-5-7-14(23)8-6-13)30-18(20(21,9-26)10-27)17-15(24)3-2-4-16(17)25/h2-8,12,18,29H,1H3. The number of halogens is 3. The molecule has 0 amide bonds. The van der Waals surface area contributed by atoms with E-state index in [4.69, 9.17) is 26.5 Å². The van der Waals surface area contributed by atoms with Crippen LogP contribution in [-0.4, -0.2) is 5.90 Å². The van der Waals surface area contributed by atoms with Crippen molar-refractivity contribution in [2.45, 2.75) is 18.8 Å². The molecule has 154 valence electrons. The number of nitrogens with one attached hydrogen (secondary N) is 1. The molecule has 0 saturated carbocycles. The van der Waals surface area contributed by atoms with E-state index in [9.17, 15) is 20.2 Å². The summed E-state index contributed by atoms with van der Waals surface area (Å²) in [5, 5.41) is 39.1. The summed E-state index contributed by atoms with van der Waals surface area (Å²) >= 11 is 9.62. The van der Waals surface area contributed by atoms with Crippen LogP contribution < -0.4 is 0 Å². The Hall–Kier alpha value is -2.96. The van der Waals surface area contributed by atoms with Crippen LogP contribution in [0.3, 0.4) is 0 Å². The number of hydrogen-bond donors (Lipinski definition) is 1. The Bertz CT molecular complexity index is 1200. The molecule has 9 heteroatoms. The lowest BCUT2D eigenvalue weighted by molar-refractivity contribution is -0.289. The van der Waals surface area contributed by atoms with Gasteiger partial charge in [0.1, 0.15) is 11.9 Å². The maximum absolute atomic E-state index is 15.0. The summed E-state index contributed by atoms with van der Waals surface area (Å²) in [4.78, 5) is 0. The Morgan fingerprint density at radius 2 is 1.74 bits per heavy atom. The SMILES string of the molecule is CC1C2(c3ccc(Br)cc3)OC(=N)C1(C#N)C(C#N)(C#N)C(c1c(F)cccc1Cl)O2. The van der Waals surface area contributed by atoms with E-state index in [1.54, 1.807) is 31.2 Å². The maximum atomic E-state index is 15.0. The predicted molar refractivity (Wildman–Crippen MR) is 111 cm³/mol. The highest BCUT2D eigenvalue weighted by Gasteiger charge is 2.80. The monoisotopic (exact) mass is 498 g/mol. The molecule has 31 heavy (non-hydrogen) atoms. The molecule has 2 aliphatic rings. The second-order valence-corrected chi connectivity index (χ2v) is 8.73. The van der Waals surface area contributed by atoms with Crippen molar-refractivity contribution in [3.8, 4) is 18.2 Å². The molecular formula is C22H13BrClFN4O2. The van der Waals surface area contributed by atoms with Gasteiger partial charge >= 0.3 is 0 Å². The van der Waals surface area contributed by atoms with Crippen LogP contribution in [0, 0.1) is 62.0 Å². The Labute approximate surface area is 191 Å². The number of fused-ring (bicyclic) bond motifs is 2. The summed E-state index contributed by atoms with van der Waals surface area (Å²) in [6.07, 6.45) is -1.60. The van der Waals surface area contributed by atoms with Crippen LogP contribution in [0.15, 0.2) is 46.9 Å². The molecule has 2 aromatic rings. The molecule has 2 bridgehead atoms. The van der Waals surface area contributed by atoms with Crippen molar-refractivity contribution in [2.75, 3.05) is 0 Å². The topological polar surface area (TPSA) is 114 Å². The van der Waals surface area contributed by atoms with E-state index in [-0.39, 0.29) is 10.6 Å². The van der Waals surface area contributed by atoms with Gasteiger partial charge in [0, 0.05) is 20.6 Å². The number of nitriles is 3. The summed E-state index contributed by atoms with van der Waals surface area (Å²) in [7, 11) is 0. The second-order valence-electron chi connectivity index (χ2n) is 7.41. The highest BCUT2D eigenvalue weighted by atomic mass is 79.9. The van der Waals surface area contributed by atoms with E-state index in [2.05, 4.69) is 15.9 Å². The fraction of sp³-hybridized carbons (Fsp3) is 0.273. The Morgan fingerprint density at radius 3 is 2.29 bits per heavy atom. The number of ether oxygens (including phenoxy) is 2. The van der Waals surface area contributed by atoms with E-state index in [0.29, 0.717) is 5.56 Å². The van der Waals surface area contributed by atoms with Gasteiger partial charge in [-0.1, -0.05) is 52.7 Å².